The van der Waals surface area contributed by atoms with Crippen LogP contribution in [0.3, 0.4) is 0 Å². The number of hydrazone groups is 1. The molecule has 1 aromatic carbocycles. The number of halogens is 1. The molecule has 0 spiro atoms. The van der Waals surface area contributed by atoms with Crippen molar-refractivity contribution in [1.29, 1.82) is 0 Å². The fourth-order valence-corrected chi connectivity index (χ4v) is 2.79. The van der Waals surface area contributed by atoms with Gasteiger partial charge in [0.25, 0.3) is 5.91 Å². The van der Waals surface area contributed by atoms with E-state index in [0.29, 0.717) is 0 Å². The molecule has 2 amide bonds. The predicted molar refractivity (Wildman–Crippen MR) is 91.3 cm³/mol. The Morgan fingerprint density at radius 3 is 2.75 bits per heavy atom. The van der Waals surface area contributed by atoms with Crippen LogP contribution in [0.15, 0.2) is 33.8 Å². The fourth-order valence-electron chi connectivity index (χ4n) is 2.34. The standard InChI is InChI=1S/C16H18BrN3O4/c1-19-14(21)6-5-13(18-19)16(24)20(8-7-15(22)23)10-11-3-2-4-12(17)9-11/h2-4,9H,5-8,10H2,1H3,(H,22,23). The Balaban J connectivity index is 2.18. The third-order valence-electron chi connectivity index (χ3n) is 3.60. The van der Waals surface area contributed by atoms with Crippen LogP contribution in [0, 0.1) is 0 Å². The van der Waals surface area contributed by atoms with E-state index in [1.54, 1.807) is 0 Å². The van der Waals surface area contributed by atoms with Crippen molar-refractivity contribution in [2.45, 2.75) is 25.8 Å². The average Bonchev–Trinajstić information content (AvgIpc) is 2.53. The highest BCUT2D eigenvalue weighted by molar-refractivity contribution is 9.10. The van der Waals surface area contributed by atoms with E-state index in [0.717, 1.165) is 15.0 Å². The van der Waals surface area contributed by atoms with Crippen LogP contribution in [0.4, 0.5) is 0 Å². The van der Waals surface area contributed by atoms with Crippen LogP contribution >= 0.6 is 15.9 Å². The monoisotopic (exact) mass is 395 g/mol. The van der Waals surface area contributed by atoms with E-state index in [-0.39, 0.29) is 49.9 Å². The van der Waals surface area contributed by atoms with Gasteiger partial charge in [-0.15, -0.1) is 0 Å². The minimum atomic E-state index is -0.972. The molecule has 24 heavy (non-hydrogen) atoms. The molecular weight excluding hydrogens is 378 g/mol. The first-order valence-electron chi connectivity index (χ1n) is 7.46. The van der Waals surface area contributed by atoms with Gasteiger partial charge >= 0.3 is 5.97 Å². The topological polar surface area (TPSA) is 90.3 Å². The smallest absolute Gasteiger partial charge is 0.305 e. The summed E-state index contributed by atoms with van der Waals surface area (Å²) in [5, 5.41) is 14.1. The molecule has 0 aliphatic carbocycles. The van der Waals surface area contributed by atoms with Gasteiger partial charge in [0.2, 0.25) is 5.91 Å². The molecule has 0 fully saturated rings. The molecule has 1 N–H and O–H groups in total. The van der Waals surface area contributed by atoms with Gasteiger partial charge in [0.1, 0.15) is 5.71 Å². The van der Waals surface area contributed by atoms with Crippen molar-refractivity contribution in [3.05, 3.63) is 34.3 Å². The third-order valence-corrected chi connectivity index (χ3v) is 4.09. The predicted octanol–water partition coefficient (Wildman–Crippen LogP) is 1.86. The highest BCUT2D eigenvalue weighted by Gasteiger charge is 2.26. The molecule has 0 radical (unpaired) electrons. The van der Waals surface area contributed by atoms with Crippen LogP contribution in [0.2, 0.25) is 0 Å². The Morgan fingerprint density at radius 1 is 1.38 bits per heavy atom. The van der Waals surface area contributed by atoms with Gasteiger partial charge in [-0.25, -0.2) is 5.01 Å². The zero-order valence-electron chi connectivity index (χ0n) is 13.2. The molecule has 0 unspecified atom stereocenters. The normalized spacial score (nSPS) is 14.3. The van der Waals surface area contributed by atoms with Crippen LogP contribution in [0.25, 0.3) is 0 Å². The van der Waals surface area contributed by atoms with E-state index >= 15 is 0 Å². The van der Waals surface area contributed by atoms with Crippen LogP contribution < -0.4 is 0 Å². The number of nitrogens with zero attached hydrogens (tertiary/aromatic N) is 3. The van der Waals surface area contributed by atoms with E-state index in [1.807, 2.05) is 24.3 Å². The second kappa shape index (κ2) is 8.05. The summed E-state index contributed by atoms with van der Waals surface area (Å²) < 4.78 is 0.881. The SMILES string of the molecule is CN1N=C(C(=O)N(CCC(=O)O)Cc2cccc(Br)c2)CCC1=O. The lowest BCUT2D eigenvalue weighted by atomic mass is 10.1. The Bertz CT molecular complexity index is 690. The number of carbonyl (C=O) groups excluding carboxylic acids is 2. The van der Waals surface area contributed by atoms with Crippen molar-refractivity contribution in [2.24, 2.45) is 5.10 Å². The first kappa shape index (κ1) is 18.1. The molecule has 2 rings (SSSR count). The molecule has 8 heteroatoms. The summed E-state index contributed by atoms with van der Waals surface area (Å²) in [5.41, 5.74) is 1.15. The first-order chi connectivity index (χ1) is 11.4. The lowest BCUT2D eigenvalue weighted by Gasteiger charge is -2.26. The number of carboxylic acid groups (broad SMARTS) is 1. The maximum absolute atomic E-state index is 12.7. The summed E-state index contributed by atoms with van der Waals surface area (Å²) >= 11 is 3.38. The Hall–Kier alpha value is -2.22. The molecule has 0 saturated heterocycles. The van der Waals surface area contributed by atoms with Crippen molar-refractivity contribution in [3.8, 4) is 0 Å². The van der Waals surface area contributed by atoms with Gasteiger partial charge < -0.3 is 10.0 Å². The van der Waals surface area contributed by atoms with Crippen LogP contribution in [-0.2, 0) is 20.9 Å². The van der Waals surface area contributed by atoms with E-state index in [9.17, 15) is 14.4 Å². The fraction of sp³-hybridized carbons (Fsp3) is 0.375. The summed E-state index contributed by atoms with van der Waals surface area (Å²) in [6.45, 7) is 0.361. The molecule has 0 aromatic heterocycles. The number of carbonyl (C=O) groups is 3. The van der Waals surface area contributed by atoms with Crippen molar-refractivity contribution in [2.75, 3.05) is 13.6 Å². The number of hydrogen-bond donors (Lipinski definition) is 1. The Morgan fingerprint density at radius 2 is 2.12 bits per heavy atom. The number of hydrogen-bond acceptors (Lipinski definition) is 4. The van der Waals surface area contributed by atoms with Crippen LogP contribution in [0.1, 0.15) is 24.8 Å². The van der Waals surface area contributed by atoms with E-state index in [1.165, 1.54) is 11.9 Å². The molecule has 1 aromatic rings. The third kappa shape index (κ3) is 4.89. The maximum Gasteiger partial charge on any atom is 0.305 e. The number of benzene rings is 1. The molecule has 0 atom stereocenters. The zero-order valence-corrected chi connectivity index (χ0v) is 14.8. The Kier molecular flexibility index (Phi) is 6.08. The van der Waals surface area contributed by atoms with Crippen molar-refractivity contribution >= 4 is 39.4 Å². The highest BCUT2D eigenvalue weighted by atomic mass is 79.9. The lowest BCUT2D eigenvalue weighted by molar-refractivity contribution is -0.138. The molecule has 1 aliphatic rings. The minimum Gasteiger partial charge on any atom is -0.481 e. The van der Waals surface area contributed by atoms with E-state index in [4.69, 9.17) is 5.11 Å². The second-order valence-corrected chi connectivity index (χ2v) is 6.38. The largest absolute Gasteiger partial charge is 0.481 e. The summed E-state index contributed by atoms with van der Waals surface area (Å²) in [4.78, 5) is 36.5. The molecular formula is C16H18BrN3O4. The summed E-state index contributed by atoms with van der Waals surface area (Å²) in [7, 11) is 1.50. The number of carboxylic acids is 1. The zero-order chi connectivity index (χ0) is 17.7. The van der Waals surface area contributed by atoms with Gasteiger partial charge in [-0.1, -0.05) is 28.1 Å². The van der Waals surface area contributed by atoms with E-state index in [2.05, 4.69) is 21.0 Å². The molecule has 7 nitrogen and oxygen atoms in total. The van der Waals surface area contributed by atoms with Gasteiger partial charge in [0.15, 0.2) is 0 Å². The van der Waals surface area contributed by atoms with Crippen molar-refractivity contribution in [3.63, 3.8) is 0 Å². The van der Waals surface area contributed by atoms with Gasteiger partial charge in [-0.3, -0.25) is 14.4 Å². The maximum atomic E-state index is 12.7. The summed E-state index contributed by atoms with van der Waals surface area (Å²) in [6.07, 6.45) is 0.344. The first-order valence-corrected chi connectivity index (χ1v) is 8.25. The molecule has 1 aliphatic heterocycles. The van der Waals surface area contributed by atoms with Gasteiger partial charge in [-0.2, -0.15) is 5.10 Å². The highest BCUT2D eigenvalue weighted by Crippen LogP contribution is 2.16. The lowest BCUT2D eigenvalue weighted by Crippen LogP contribution is -2.41. The van der Waals surface area contributed by atoms with Gasteiger partial charge in [-0.05, 0) is 17.7 Å². The molecule has 0 saturated carbocycles. The van der Waals surface area contributed by atoms with Crippen LogP contribution in [-0.4, -0.2) is 52.1 Å². The average molecular weight is 396 g/mol. The quantitative estimate of drug-likeness (QED) is 0.795. The van der Waals surface area contributed by atoms with Crippen molar-refractivity contribution in [1.82, 2.24) is 9.91 Å². The summed E-state index contributed by atoms with van der Waals surface area (Å²) in [6, 6.07) is 7.46. The van der Waals surface area contributed by atoms with Gasteiger partial charge in [0, 0.05) is 37.5 Å². The van der Waals surface area contributed by atoms with Crippen molar-refractivity contribution < 1.29 is 19.5 Å². The summed E-state index contributed by atoms with van der Waals surface area (Å²) in [5.74, 6) is -1.45. The molecule has 1 heterocycles. The number of rotatable bonds is 6. The van der Waals surface area contributed by atoms with Gasteiger partial charge in [0.05, 0.1) is 6.42 Å². The Labute approximate surface area is 148 Å². The molecule has 0 bridgehead atoms. The van der Waals surface area contributed by atoms with Crippen LogP contribution in [0.5, 0.6) is 0 Å². The second-order valence-electron chi connectivity index (χ2n) is 5.46. The minimum absolute atomic E-state index is 0.0807. The number of aliphatic carboxylic acids is 1. The van der Waals surface area contributed by atoms with E-state index < -0.39 is 5.97 Å². The number of amides is 2. The molecule has 128 valence electrons.